The van der Waals surface area contributed by atoms with Crippen molar-refractivity contribution in [2.24, 2.45) is 0 Å². The minimum Gasteiger partial charge on any atom is -0.494 e. The van der Waals surface area contributed by atoms with Gasteiger partial charge in [-0.25, -0.2) is 4.79 Å². The summed E-state index contributed by atoms with van der Waals surface area (Å²) >= 11 is 0. The average molecular weight is 323 g/mol. The number of ether oxygens (including phenoxy) is 2. The van der Waals surface area contributed by atoms with Crippen LogP contribution >= 0.6 is 0 Å². The number of nitrogens with one attached hydrogen (secondary N) is 2. The molecule has 7 heteroatoms. The third-order valence-electron chi connectivity index (χ3n) is 2.78. The van der Waals surface area contributed by atoms with Crippen LogP contribution in [0, 0.1) is 0 Å². The highest BCUT2D eigenvalue weighted by Crippen LogP contribution is 2.28. The summed E-state index contributed by atoms with van der Waals surface area (Å²) in [6, 6.07) is 5.14. The fourth-order valence-corrected chi connectivity index (χ4v) is 1.65. The SMILES string of the molecule is COc1cc(NCC(=O)N(C)C)ccc1NC(=O)OC(C)(C)C. The first-order valence-electron chi connectivity index (χ1n) is 7.24. The summed E-state index contributed by atoms with van der Waals surface area (Å²) < 4.78 is 10.5. The summed E-state index contributed by atoms with van der Waals surface area (Å²) in [5.41, 5.74) is 0.628. The molecule has 2 amide bonds. The van der Waals surface area contributed by atoms with E-state index in [4.69, 9.17) is 9.47 Å². The van der Waals surface area contributed by atoms with Crippen molar-refractivity contribution in [3.8, 4) is 5.75 Å². The van der Waals surface area contributed by atoms with Crippen molar-refractivity contribution in [2.75, 3.05) is 38.4 Å². The van der Waals surface area contributed by atoms with E-state index >= 15 is 0 Å². The topological polar surface area (TPSA) is 79.9 Å². The maximum absolute atomic E-state index is 11.8. The molecule has 0 radical (unpaired) electrons. The standard InChI is InChI=1S/C16H25N3O4/c1-16(2,3)23-15(21)18-12-8-7-11(9-13(12)22-6)17-10-14(20)19(4)5/h7-9,17H,10H2,1-6H3,(H,18,21). The molecule has 0 saturated heterocycles. The quantitative estimate of drug-likeness (QED) is 0.870. The highest BCUT2D eigenvalue weighted by Gasteiger charge is 2.17. The van der Waals surface area contributed by atoms with E-state index in [1.165, 1.54) is 12.0 Å². The fraction of sp³-hybridized carbons (Fsp3) is 0.500. The van der Waals surface area contributed by atoms with Gasteiger partial charge in [0.2, 0.25) is 5.91 Å². The molecule has 0 saturated carbocycles. The van der Waals surface area contributed by atoms with E-state index < -0.39 is 11.7 Å². The molecule has 1 rings (SSSR count). The molecule has 0 bridgehead atoms. The lowest BCUT2D eigenvalue weighted by Crippen LogP contribution is -2.28. The molecule has 2 N–H and O–H groups in total. The predicted molar refractivity (Wildman–Crippen MR) is 90.0 cm³/mol. The van der Waals surface area contributed by atoms with Crippen molar-refractivity contribution in [2.45, 2.75) is 26.4 Å². The second-order valence-electron chi connectivity index (χ2n) is 6.18. The smallest absolute Gasteiger partial charge is 0.412 e. The van der Waals surface area contributed by atoms with Crippen molar-refractivity contribution in [3.05, 3.63) is 18.2 Å². The van der Waals surface area contributed by atoms with Gasteiger partial charge in [0.15, 0.2) is 0 Å². The van der Waals surface area contributed by atoms with Gasteiger partial charge in [0, 0.05) is 25.8 Å². The molecule has 0 atom stereocenters. The van der Waals surface area contributed by atoms with Gasteiger partial charge in [-0.15, -0.1) is 0 Å². The van der Waals surface area contributed by atoms with E-state index in [-0.39, 0.29) is 12.5 Å². The first-order chi connectivity index (χ1) is 10.6. The van der Waals surface area contributed by atoms with Crippen LogP contribution in [-0.2, 0) is 9.53 Å². The van der Waals surface area contributed by atoms with Crippen LogP contribution in [0.15, 0.2) is 18.2 Å². The molecule has 1 aromatic carbocycles. The van der Waals surface area contributed by atoms with Crippen LogP contribution in [-0.4, -0.2) is 50.3 Å². The highest BCUT2D eigenvalue weighted by molar-refractivity contribution is 5.88. The molecule has 1 aromatic rings. The van der Waals surface area contributed by atoms with Gasteiger partial charge in [0.05, 0.1) is 19.3 Å². The Balaban J connectivity index is 2.76. The zero-order valence-electron chi connectivity index (χ0n) is 14.5. The van der Waals surface area contributed by atoms with Gasteiger partial charge in [-0.1, -0.05) is 0 Å². The number of anilines is 2. The van der Waals surface area contributed by atoms with Crippen molar-refractivity contribution in [1.82, 2.24) is 4.90 Å². The number of likely N-dealkylation sites (N-methyl/N-ethyl adjacent to an activating group) is 1. The average Bonchev–Trinajstić information content (AvgIpc) is 2.43. The summed E-state index contributed by atoms with van der Waals surface area (Å²) in [6.07, 6.45) is -0.556. The molecule has 0 aliphatic carbocycles. The van der Waals surface area contributed by atoms with E-state index in [1.807, 2.05) is 0 Å². The Kier molecular flexibility index (Phi) is 6.24. The number of benzene rings is 1. The third-order valence-corrected chi connectivity index (χ3v) is 2.78. The number of carbonyl (C=O) groups excluding carboxylic acids is 2. The van der Waals surface area contributed by atoms with Gasteiger partial charge in [-0.2, -0.15) is 0 Å². The Morgan fingerprint density at radius 3 is 2.39 bits per heavy atom. The summed E-state index contributed by atoms with van der Waals surface area (Å²) in [5, 5.41) is 5.64. The molecule has 128 valence electrons. The number of carbonyl (C=O) groups is 2. The first kappa shape index (κ1) is 18.6. The Morgan fingerprint density at radius 2 is 1.87 bits per heavy atom. The molecule has 0 fully saturated rings. The Labute approximate surface area is 136 Å². The van der Waals surface area contributed by atoms with Gasteiger partial charge < -0.3 is 19.7 Å². The van der Waals surface area contributed by atoms with Crippen LogP contribution in [0.2, 0.25) is 0 Å². The zero-order chi connectivity index (χ0) is 17.6. The summed E-state index contributed by atoms with van der Waals surface area (Å²) in [4.78, 5) is 24.9. The molecule has 0 aliphatic rings. The number of amides is 2. The molecule has 0 heterocycles. The third kappa shape index (κ3) is 6.46. The lowest BCUT2D eigenvalue weighted by atomic mass is 10.2. The minimum absolute atomic E-state index is 0.0417. The van der Waals surface area contributed by atoms with Crippen LogP contribution in [0.1, 0.15) is 20.8 Å². The maximum atomic E-state index is 11.8. The summed E-state index contributed by atoms with van der Waals surface area (Å²) in [7, 11) is 4.89. The molecule has 0 aliphatic heterocycles. The minimum atomic E-state index is -0.578. The van der Waals surface area contributed by atoms with Crippen molar-refractivity contribution >= 4 is 23.4 Å². The van der Waals surface area contributed by atoms with E-state index in [2.05, 4.69) is 10.6 Å². The Morgan fingerprint density at radius 1 is 1.22 bits per heavy atom. The summed E-state index contributed by atoms with van der Waals surface area (Å²) in [6.45, 7) is 5.55. The normalized spacial score (nSPS) is 10.7. The second-order valence-corrected chi connectivity index (χ2v) is 6.18. The van der Waals surface area contributed by atoms with E-state index in [0.717, 1.165) is 0 Å². The maximum Gasteiger partial charge on any atom is 0.412 e. The van der Waals surface area contributed by atoms with Crippen molar-refractivity contribution in [3.63, 3.8) is 0 Å². The van der Waals surface area contributed by atoms with Gasteiger partial charge in [-0.3, -0.25) is 10.1 Å². The van der Waals surface area contributed by atoms with Gasteiger partial charge in [0.1, 0.15) is 11.4 Å². The molecule has 0 aromatic heterocycles. The Hall–Kier alpha value is -2.44. The van der Waals surface area contributed by atoms with E-state index in [9.17, 15) is 9.59 Å². The Bertz CT molecular complexity index is 565. The number of hydrogen-bond acceptors (Lipinski definition) is 5. The van der Waals surface area contributed by atoms with Crippen LogP contribution in [0.4, 0.5) is 16.2 Å². The number of nitrogens with zero attached hydrogens (tertiary/aromatic N) is 1. The number of hydrogen-bond donors (Lipinski definition) is 2. The molecule has 0 spiro atoms. The summed E-state index contributed by atoms with van der Waals surface area (Å²) in [5.74, 6) is 0.429. The van der Waals surface area contributed by atoms with Crippen LogP contribution in [0.5, 0.6) is 5.75 Å². The van der Waals surface area contributed by atoms with Crippen LogP contribution < -0.4 is 15.4 Å². The second kappa shape index (κ2) is 7.71. The van der Waals surface area contributed by atoms with E-state index in [0.29, 0.717) is 17.1 Å². The lowest BCUT2D eigenvalue weighted by molar-refractivity contribution is -0.126. The zero-order valence-corrected chi connectivity index (χ0v) is 14.5. The monoisotopic (exact) mass is 323 g/mol. The molecule has 7 nitrogen and oxygen atoms in total. The molecule has 23 heavy (non-hydrogen) atoms. The largest absolute Gasteiger partial charge is 0.494 e. The van der Waals surface area contributed by atoms with E-state index in [1.54, 1.807) is 53.1 Å². The molecular formula is C16H25N3O4. The van der Waals surface area contributed by atoms with Crippen molar-refractivity contribution in [1.29, 1.82) is 0 Å². The van der Waals surface area contributed by atoms with Gasteiger partial charge in [-0.05, 0) is 32.9 Å². The van der Waals surface area contributed by atoms with Crippen LogP contribution in [0.25, 0.3) is 0 Å². The lowest BCUT2D eigenvalue weighted by Gasteiger charge is -2.20. The molecular weight excluding hydrogens is 298 g/mol. The fourth-order valence-electron chi connectivity index (χ4n) is 1.65. The number of rotatable bonds is 5. The van der Waals surface area contributed by atoms with Gasteiger partial charge >= 0.3 is 6.09 Å². The highest BCUT2D eigenvalue weighted by atomic mass is 16.6. The van der Waals surface area contributed by atoms with Gasteiger partial charge in [0.25, 0.3) is 0 Å². The predicted octanol–water partition coefficient (Wildman–Crippen LogP) is 2.54. The van der Waals surface area contributed by atoms with Crippen molar-refractivity contribution < 1.29 is 19.1 Å². The first-order valence-corrected chi connectivity index (χ1v) is 7.24. The molecule has 0 unspecified atom stereocenters. The number of methoxy groups -OCH3 is 1. The van der Waals surface area contributed by atoms with Crippen LogP contribution in [0.3, 0.4) is 0 Å².